The fourth-order valence-corrected chi connectivity index (χ4v) is 2.98. The van der Waals surface area contributed by atoms with E-state index in [0.29, 0.717) is 24.9 Å². The van der Waals surface area contributed by atoms with Gasteiger partial charge in [-0.3, -0.25) is 0 Å². The van der Waals surface area contributed by atoms with Gasteiger partial charge in [-0.1, -0.05) is 5.16 Å². The maximum atomic E-state index is 5.76. The van der Waals surface area contributed by atoms with Crippen molar-refractivity contribution in [3.63, 3.8) is 0 Å². The Labute approximate surface area is 127 Å². The van der Waals surface area contributed by atoms with Crippen molar-refractivity contribution in [2.75, 3.05) is 31.2 Å². The van der Waals surface area contributed by atoms with E-state index in [1.165, 1.54) is 6.33 Å². The summed E-state index contributed by atoms with van der Waals surface area (Å²) in [6, 6.07) is 0. The third kappa shape index (κ3) is 2.34. The van der Waals surface area contributed by atoms with E-state index in [4.69, 9.17) is 14.0 Å². The zero-order valence-corrected chi connectivity index (χ0v) is 12.4. The van der Waals surface area contributed by atoms with E-state index >= 15 is 0 Å². The van der Waals surface area contributed by atoms with E-state index < -0.39 is 5.79 Å². The molecule has 4 heterocycles. The first-order valence-corrected chi connectivity index (χ1v) is 7.39. The summed E-state index contributed by atoms with van der Waals surface area (Å²) in [5.74, 6) is 1.45. The van der Waals surface area contributed by atoms with Gasteiger partial charge in [0, 0.05) is 32.1 Å². The minimum atomic E-state index is -0.398. The Morgan fingerprint density at radius 1 is 1.18 bits per heavy atom. The number of nitrogens with zero attached hydrogens (tertiary/aromatic N) is 5. The molecule has 2 fully saturated rings. The van der Waals surface area contributed by atoms with Crippen molar-refractivity contribution < 1.29 is 14.0 Å². The van der Waals surface area contributed by atoms with Crippen LogP contribution in [0.1, 0.15) is 18.7 Å². The highest BCUT2D eigenvalue weighted by Crippen LogP contribution is 2.35. The highest BCUT2D eigenvalue weighted by molar-refractivity contribution is 5.68. The standard InChI is InChI=1S/C14H17N5O3/c1-10-17-13(22-18-10)11-8-15-9-16-12(11)19-4-2-14(3-5-19)20-6-7-21-14/h8-9H,2-7H2,1H3. The molecule has 0 N–H and O–H groups in total. The van der Waals surface area contributed by atoms with E-state index in [9.17, 15) is 0 Å². The number of hydrogen-bond donors (Lipinski definition) is 0. The second-order valence-corrected chi connectivity index (χ2v) is 5.50. The van der Waals surface area contributed by atoms with Crippen LogP contribution in [0.2, 0.25) is 0 Å². The third-order valence-electron chi connectivity index (χ3n) is 4.09. The second kappa shape index (κ2) is 5.29. The third-order valence-corrected chi connectivity index (χ3v) is 4.09. The molecule has 4 rings (SSSR count). The van der Waals surface area contributed by atoms with Crippen molar-refractivity contribution in [1.82, 2.24) is 20.1 Å². The molecule has 0 bridgehead atoms. The first-order chi connectivity index (χ1) is 10.8. The van der Waals surface area contributed by atoms with E-state index in [0.717, 1.165) is 37.3 Å². The molecule has 2 saturated heterocycles. The van der Waals surface area contributed by atoms with Crippen molar-refractivity contribution in [1.29, 1.82) is 0 Å². The normalized spacial score (nSPS) is 20.7. The van der Waals surface area contributed by atoms with Gasteiger partial charge in [0.1, 0.15) is 17.7 Å². The van der Waals surface area contributed by atoms with E-state index in [-0.39, 0.29) is 0 Å². The number of ether oxygens (including phenoxy) is 2. The quantitative estimate of drug-likeness (QED) is 0.817. The van der Waals surface area contributed by atoms with Crippen LogP contribution < -0.4 is 4.90 Å². The summed E-state index contributed by atoms with van der Waals surface area (Å²) < 4.78 is 16.8. The summed E-state index contributed by atoms with van der Waals surface area (Å²) in [4.78, 5) is 15.0. The van der Waals surface area contributed by atoms with Gasteiger partial charge in [0.2, 0.25) is 0 Å². The zero-order chi connectivity index (χ0) is 15.0. The minimum Gasteiger partial charge on any atom is -0.355 e. The predicted octanol–water partition coefficient (Wildman–Crippen LogP) is 1.18. The summed E-state index contributed by atoms with van der Waals surface area (Å²) in [7, 11) is 0. The Morgan fingerprint density at radius 2 is 1.95 bits per heavy atom. The van der Waals surface area contributed by atoms with Gasteiger partial charge in [0.05, 0.1) is 13.2 Å². The molecular weight excluding hydrogens is 286 g/mol. The van der Waals surface area contributed by atoms with Crippen LogP contribution in [0, 0.1) is 6.92 Å². The molecule has 0 atom stereocenters. The molecule has 8 heteroatoms. The molecule has 1 spiro atoms. The topological polar surface area (TPSA) is 86.4 Å². The predicted molar refractivity (Wildman–Crippen MR) is 76.1 cm³/mol. The Balaban J connectivity index is 1.58. The van der Waals surface area contributed by atoms with Crippen molar-refractivity contribution in [2.45, 2.75) is 25.6 Å². The van der Waals surface area contributed by atoms with Crippen LogP contribution in [-0.4, -0.2) is 52.2 Å². The molecule has 0 unspecified atom stereocenters. The van der Waals surface area contributed by atoms with Crippen molar-refractivity contribution in [3.8, 4) is 11.5 Å². The van der Waals surface area contributed by atoms with Crippen LogP contribution in [0.5, 0.6) is 0 Å². The van der Waals surface area contributed by atoms with Crippen LogP contribution in [0.15, 0.2) is 17.0 Å². The zero-order valence-electron chi connectivity index (χ0n) is 12.4. The summed E-state index contributed by atoms with van der Waals surface area (Å²) in [5, 5.41) is 3.84. The molecule has 0 aromatic carbocycles. The van der Waals surface area contributed by atoms with Gasteiger partial charge in [-0.05, 0) is 6.92 Å². The first-order valence-electron chi connectivity index (χ1n) is 7.39. The van der Waals surface area contributed by atoms with Crippen LogP contribution >= 0.6 is 0 Å². The van der Waals surface area contributed by atoms with E-state index in [1.807, 2.05) is 0 Å². The van der Waals surface area contributed by atoms with E-state index in [1.54, 1.807) is 13.1 Å². The number of aryl methyl sites for hydroxylation is 1. The lowest BCUT2D eigenvalue weighted by molar-refractivity contribution is -0.169. The van der Waals surface area contributed by atoms with Crippen molar-refractivity contribution in [2.24, 2.45) is 0 Å². The lowest BCUT2D eigenvalue weighted by atomic mass is 10.0. The molecule has 8 nitrogen and oxygen atoms in total. The Morgan fingerprint density at radius 3 is 2.64 bits per heavy atom. The van der Waals surface area contributed by atoms with Crippen LogP contribution in [0.25, 0.3) is 11.5 Å². The largest absolute Gasteiger partial charge is 0.355 e. The number of piperidine rings is 1. The summed E-state index contributed by atoms with van der Waals surface area (Å²) in [6.45, 7) is 4.75. The molecule has 2 aliphatic heterocycles. The van der Waals surface area contributed by atoms with Gasteiger partial charge in [-0.2, -0.15) is 4.98 Å². The maximum absolute atomic E-state index is 5.76. The van der Waals surface area contributed by atoms with E-state index in [2.05, 4.69) is 25.0 Å². The molecule has 2 aromatic rings. The maximum Gasteiger partial charge on any atom is 0.263 e. The number of hydrogen-bond acceptors (Lipinski definition) is 8. The highest BCUT2D eigenvalue weighted by atomic mass is 16.7. The molecule has 0 aliphatic carbocycles. The highest BCUT2D eigenvalue weighted by Gasteiger charge is 2.40. The fourth-order valence-electron chi connectivity index (χ4n) is 2.98. The Bertz CT molecular complexity index is 658. The number of anilines is 1. The van der Waals surface area contributed by atoms with Gasteiger partial charge in [-0.15, -0.1) is 0 Å². The first kappa shape index (κ1) is 13.6. The van der Waals surface area contributed by atoms with Gasteiger partial charge in [0.15, 0.2) is 11.6 Å². The average molecular weight is 303 g/mol. The molecular formula is C14H17N5O3. The lowest BCUT2D eigenvalue weighted by Crippen LogP contribution is -2.45. The van der Waals surface area contributed by atoms with Crippen LogP contribution in [0.4, 0.5) is 5.82 Å². The fraction of sp³-hybridized carbons (Fsp3) is 0.571. The summed E-state index contributed by atoms with van der Waals surface area (Å²) in [6.07, 6.45) is 4.88. The molecule has 2 aliphatic rings. The second-order valence-electron chi connectivity index (χ2n) is 5.50. The Kier molecular flexibility index (Phi) is 3.27. The van der Waals surface area contributed by atoms with Gasteiger partial charge < -0.3 is 18.9 Å². The summed E-state index contributed by atoms with van der Waals surface area (Å²) in [5.41, 5.74) is 0.757. The molecule has 0 radical (unpaired) electrons. The number of aromatic nitrogens is 4. The van der Waals surface area contributed by atoms with Crippen molar-refractivity contribution in [3.05, 3.63) is 18.3 Å². The molecule has 116 valence electrons. The smallest absolute Gasteiger partial charge is 0.263 e. The molecule has 22 heavy (non-hydrogen) atoms. The molecule has 2 aromatic heterocycles. The SMILES string of the molecule is Cc1noc(-c2cncnc2N2CCC3(CC2)OCCO3)n1. The van der Waals surface area contributed by atoms with Crippen LogP contribution in [0.3, 0.4) is 0 Å². The van der Waals surface area contributed by atoms with Crippen molar-refractivity contribution >= 4 is 5.82 Å². The number of rotatable bonds is 2. The lowest BCUT2D eigenvalue weighted by Gasteiger charge is -2.38. The van der Waals surface area contributed by atoms with Gasteiger partial charge in [-0.25, -0.2) is 9.97 Å². The Hall–Kier alpha value is -2.06. The van der Waals surface area contributed by atoms with Gasteiger partial charge >= 0.3 is 0 Å². The van der Waals surface area contributed by atoms with Gasteiger partial charge in [0.25, 0.3) is 5.89 Å². The molecule has 0 saturated carbocycles. The van der Waals surface area contributed by atoms with Crippen LogP contribution in [-0.2, 0) is 9.47 Å². The molecule has 0 amide bonds. The summed E-state index contributed by atoms with van der Waals surface area (Å²) >= 11 is 0. The monoisotopic (exact) mass is 303 g/mol. The average Bonchev–Trinajstić information content (AvgIpc) is 3.18. The minimum absolute atomic E-state index is 0.398.